The van der Waals surface area contributed by atoms with Crippen LogP contribution in [0.1, 0.15) is 38.0 Å². The van der Waals surface area contributed by atoms with E-state index in [1.54, 1.807) is 17.4 Å². The van der Waals surface area contributed by atoms with E-state index < -0.39 is 5.56 Å². The number of aromatic nitrogens is 2. The maximum Gasteiger partial charge on any atom is 0.290 e. The van der Waals surface area contributed by atoms with Crippen LogP contribution in [0.15, 0.2) is 23.0 Å². The molecule has 0 unspecified atom stereocenters. The second-order valence-electron chi connectivity index (χ2n) is 6.79. The smallest absolute Gasteiger partial charge is 0.290 e. The first-order valence-electron chi connectivity index (χ1n) is 8.62. The van der Waals surface area contributed by atoms with E-state index in [2.05, 4.69) is 18.9 Å². The van der Waals surface area contributed by atoms with Gasteiger partial charge in [0, 0.05) is 17.0 Å². The highest BCUT2D eigenvalue weighted by Crippen LogP contribution is 2.26. The van der Waals surface area contributed by atoms with Crippen molar-refractivity contribution in [3.8, 4) is 10.6 Å². The average Bonchev–Trinajstić information content (AvgIpc) is 2.98. The number of nitrogens with zero attached hydrogens (tertiary/aromatic N) is 3. The van der Waals surface area contributed by atoms with Gasteiger partial charge in [0.15, 0.2) is 0 Å². The molecule has 2 aromatic heterocycles. The zero-order chi connectivity index (χ0) is 18.1. The van der Waals surface area contributed by atoms with Crippen molar-refractivity contribution in [3.63, 3.8) is 0 Å². The molecule has 0 aromatic carbocycles. The zero-order valence-corrected chi connectivity index (χ0v) is 15.7. The highest BCUT2D eigenvalue weighted by atomic mass is 32.1. The molecule has 3 rings (SSSR count). The van der Waals surface area contributed by atoms with E-state index in [1.165, 1.54) is 4.68 Å². The van der Waals surface area contributed by atoms with Crippen molar-refractivity contribution < 1.29 is 4.79 Å². The van der Waals surface area contributed by atoms with Gasteiger partial charge in [0.2, 0.25) is 5.91 Å². The lowest BCUT2D eigenvalue weighted by Crippen LogP contribution is -2.49. The lowest BCUT2D eigenvalue weighted by Gasteiger charge is -2.39. The molecular formula is C18H24N4O2S. The number of thiophene rings is 1. The fraction of sp³-hybridized carbons (Fsp3) is 0.500. The standard InChI is InChI=1S/C18H24N4O2S/c1-11-5-4-6-12(2)22(11)17(23)10-21-18(24)14(19)9-15(20-21)16-8-7-13(3)25-16/h7-9,11-12H,4-6,10,19H2,1-3H3/t11-,12-/m1/s1. The molecule has 1 aliphatic heterocycles. The van der Waals surface area contributed by atoms with E-state index in [4.69, 9.17) is 5.73 Å². The lowest BCUT2D eigenvalue weighted by molar-refractivity contribution is -0.138. The molecule has 0 bridgehead atoms. The minimum atomic E-state index is -0.414. The number of aryl methyl sites for hydroxylation is 1. The summed E-state index contributed by atoms with van der Waals surface area (Å²) in [5.74, 6) is -0.0757. The molecule has 0 aliphatic carbocycles. The molecule has 0 spiro atoms. The van der Waals surface area contributed by atoms with Crippen LogP contribution in [0, 0.1) is 6.92 Å². The van der Waals surface area contributed by atoms with Crippen LogP contribution in [-0.4, -0.2) is 32.7 Å². The molecule has 134 valence electrons. The fourth-order valence-electron chi connectivity index (χ4n) is 3.48. The molecule has 1 amide bonds. The molecule has 6 nitrogen and oxygen atoms in total. The number of piperidine rings is 1. The molecule has 3 heterocycles. The Morgan fingerprint density at radius 2 is 2.00 bits per heavy atom. The van der Waals surface area contributed by atoms with Crippen molar-refractivity contribution in [2.75, 3.05) is 5.73 Å². The Morgan fingerprint density at radius 1 is 1.32 bits per heavy atom. The third-order valence-electron chi connectivity index (χ3n) is 4.76. The van der Waals surface area contributed by atoms with Crippen LogP contribution < -0.4 is 11.3 Å². The number of anilines is 1. The number of hydrogen-bond acceptors (Lipinski definition) is 5. The minimum Gasteiger partial charge on any atom is -0.394 e. The second-order valence-corrected chi connectivity index (χ2v) is 8.08. The second kappa shape index (κ2) is 7.00. The Hall–Kier alpha value is -2.15. The Morgan fingerprint density at radius 3 is 2.60 bits per heavy atom. The van der Waals surface area contributed by atoms with Gasteiger partial charge in [0.05, 0.1) is 4.88 Å². The lowest BCUT2D eigenvalue weighted by atomic mass is 9.97. The van der Waals surface area contributed by atoms with Crippen LogP contribution >= 0.6 is 11.3 Å². The minimum absolute atomic E-state index is 0.0735. The van der Waals surface area contributed by atoms with Gasteiger partial charge in [0.1, 0.15) is 17.9 Å². The summed E-state index contributed by atoms with van der Waals surface area (Å²) < 4.78 is 1.20. The summed E-state index contributed by atoms with van der Waals surface area (Å²) in [4.78, 5) is 29.1. The van der Waals surface area contributed by atoms with Gasteiger partial charge in [-0.1, -0.05) is 0 Å². The van der Waals surface area contributed by atoms with E-state index in [1.807, 2.05) is 24.0 Å². The molecule has 7 heteroatoms. The van der Waals surface area contributed by atoms with E-state index in [-0.39, 0.29) is 30.2 Å². The van der Waals surface area contributed by atoms with Gasteiger partial charge in [0.25, 0.3) is 5.56 Å². The normalized spacial score (nSPS) is 20.7. The highest BCUT2D eigenvalue weighted by Gasteiger charge is 2.29. The SMILES string of the molecule is Cc1ccc(-c2cc(N)c(=O)n(CC(=O)N3[C@H](C)CCC[C@H]3C)n2)s1. The zero-order valence-electron chi connectivity index (χ0n) is 14.9. The van der Waals surface area contributed by atoms with E-state index in [9.17, 15) is 9.59 Å². The summed E-state index contributed by atoms with van der Waals surface area (Å²) >= 11 is 1.58. The molecule has 25 heavy (non-hydrogen) atoms. The monoisotopic (exact) mass is 360 g/mol. The number of nitrogen functional groups attached to an aromatic ring is 1. The molecule has 2 N–H and O–H groups in total. The first kappa shape index (κ1) is 17.7. The van der Waals surface area contributed by atoms with Gasteiger partial charge in [-0.05, 0) is 58.2 Å². The third kappa shape index (κ3) is 3.61. The van der Waals surface area contributed by atoms with Crippen molar-refractivity contribution in [1.29, 1.82) is 0 Å². The predicted molar refractivity (Wildman–Crippen MR) is 101 cm³/mol. The summed E-state index contributed by atoms with van der Waals surface area (Å²) in [5.41, 5.74) is 6.21. The number of rotatable bonds is 3. The van der Waals surface area contributed by atoms with Crippen molar-refractivity contribution in [2.45, 2.75) is 58.7 Å². The van der Waals surface area contributed by atoms with E-state index in [0.717, 1.165) is 29.0 Å². The van der Waals surface area contributed by atoms with Crippen molar-refractivity contribution in [3.05, 3.63) is 33.4 Å². The van der Waals surface area contributed by atoms with Crippen LogP contribution in [-0.2, 0) is 11.3 Å². The van der Waals surface area contributed by atoms with Gasteiger partial charge in [-0.3, -0.25) is 9.59 Å². The topological polar surface area (TPSA) is 81.2 Å². The number of hydrogen-bond donors (Lipinski definition) is 1. The number of amides is 1. The van der Waals surface area contributed by atoms with Crippen LogP contribution in [0.3, 0.4) is 0 Å². The van der Waals surface area contributed by atoms with Gasteiger partial charge >= 0.3 is 0 Å². The van der Waals surface area contributed by atoms with Gasteiger partial charge in [-0.15, -0.1) is 11.3 Å². The molecular weight excluding hydrogens is 336 g/mol. The third-order valence-corrected chi connectivity index (χ3v) is 5.78. The van der Waals surface area contributed by atoms with Crippen LogP contribution in [0.4, 0.5) is 5.69 Å². The molecule has 1 aliphatic rings. The summed E-state index contributed by atoms with van der Waals surface area (Å²) in [6.45, 7) is 6.05. The Balaban J connectivity index is 1.90. The molecule has 0 saturated carbocycles. The Bertz CT molecular complexity index is 832. The first-order chi connectivity index (χ1) is 11.9. The number of nitrogens with two attached hydrogens (primary N) is 1. The van der Waals surface area contributed by atoms with E-state index >= 15 is 0 Å². The maximum absolute atomic E-state index is 12.8. The predicted octanol–water partition coefficient (Wildman–Crippen LogP) is 2.65. The maximum atomic E-state index is 12.8. The largest absolute Gasteiger partial charge is 0.394 e. The Labute approximate surface area is 151 Å². The fourth-order valence-corrected chi connectivity index (χ4v) is 4.31. The van der Waals surface area contributed by atoms with Crippen LogP contribution in [0.5, 0.6) is 0 Å². The molecule has 1 saturated heterocycles. The van der Waals surface area contributed by atoms with E-state index in [0.29, 0.717) is 5.69 Å². The molecule has 1 fully saturated rings. The molecule has 0 radical (unpaired) electrons. The summed E-state index contributed by atoms with van der Waals surface area (Å²) in [5, 5.41) is 4.39. The molecule has 2 aromatic rings. The number of carbonyl (C=O) groups excluding carboxylic acids is 1. The summed E-state index contributed by atoms with van der Waals surface area (Å²) in [6.07, 6.45) is 3.12. The summed E-state index contributed by atoms with van der Waals surface area (Å²) in [6, 6.07) is 5.91. The number of carbonyl (C=O) groups is 1. The van der Waals surface area contributed by atoms with Gasteiger partial charge in [-0.25, -0.2) is 4.68 Å². The van der Waals surface area contributed by atoms with Crippen molar-refractivity contribution >= 4 is 22.9 Å². The van der Waals surface area contributed by atoms with Gasteiger partial charge in [-0.2, -0.15) is 5.10 Å². The summed E-state index contributed by atoms with van der Waals surface area (Å²) in [7, 11) is 0. The Kier molecular flexibility index (Phi) is 4.94. The van der Waals surface area contributed by atoms with Crippen LogP contribution in [0.25, 0.3) is 10.6 Å². The first-order valence-corrected chi connectivity index (χ1v) is 9.44. The number of likely N-dealkylation sites (tertiary alicyclic amines) is 1. The van der Waals surface area contributed by atoms with Crippen molar-refractivity contribution in [1.82, 2.24) is 14.7 Å². The van der Waals surface area contributed by atoms with Crippen molar-refractivity contribution in [2.24, 2.45) is 0 Å². The van der Waals surface area contributed by atoms with Gasteiger partial charge < -0.3 is 10.6 Å². The quantitative estimate of drug-likeness (QED) is 0.912. The highest BCUT2D eigenvalue weighted by molar-refractivity contribution is 7.15. The average molecular weight is 360 g/mol. The molecule has 2 atom stereocenters. The van der Waals surface area contributed by atoms with Crippen LogP contribution in [0.2, 0.25) is 0 Å².